The van der Waals surface area contributed by atoms with Crippen LogP contribution in [0.1, 0.15) is 175 Å². The number of unbranched alkanes of at least 4 members (excludes halogenated alkanes) is 13. The molecule has 0 heterocycles. The predicted octanol–water partition coefficient (Wildman–Crippen LogP) is 14.4. The summed E-state index contributed by atoms with van der Waals surface area (Å²) in [7, 11) is 0. The third-order valence-electron chi connectivity index (χ3n) is 8.87. The van der Waals surface area contributed by atoms with Crippen LogP contribution in [-0.2, 0) is 28.6 Å². The highest BCUT2D eigenvalue weighted by Crippen LogP contribution is 2.11. The Morgan fingerprint density at radius 1 is 0.386 bits per heavy atom. The highest BCUT2D eigenvalue weighted by atomic mass is 16.6. The first-order valence-corrected chi connectivity index (χ1v) is 22.5. The zero-order chi connectivity index (χ0) is 41.5. The van der Waals surface area contributed by atoms with E-state index in [2.05, 4.69) is 75.5 Å². The number of ether oxygens (including phenoxy) is 3. The van der Waals surface area contributed by atoms with Gasteiger partial charge in [-0.1, -0.05) is 175 Å². The average molecular weight is 789 g/mol. The van der Waals surface area contributed by atoms with Crippen molar-refractivity contribution >= 4 is 17.9 Å². The molecule has 0 aliphatic rings. The van der Waals surface area contributed by atoms with Gasteiger partial charge in [-0.15, -0.1) is 0 Å². The summed E-state index contributed by atoms with van der Waals surface area (Å²) in [4.78, 5) is 37.7. The van der Waals surface area contributed by atoms with E-state index in [0.29, 0.717) is 19.3 Å². The van der Waals surface area contributed by atoms with Gasteiger partial charge in [0.05, 0.1) is 0 Å². The summed E-state index contributed by atoms with van der Waals surface area (Å²) < 4.78 is 16.6. The Labute approximate surface area is 349 Å². The van der Waals surface area contributed by atoms with Gasteiger partial charge in [-0.05, 0) is 89.9 Å². The van der Waals surface area contributed by atoms with Gasteiger partial charge in [0.1, 0.15) is 13.2 Å². The second kappa shape index (κ2) is 44.8. The molecular formula is C51H80O6. The largest absolute Gasteiger partial charge is 0.462 e. The Bertz CT molecular complexity index is 1230. The summed E-state index contributed by atoms with van der Waals surface area (Å²) in [5, 5.41) is 0. The number of hydrogen-bond donors (Lipinski definition) is 0. The van der Waals surface area contributed by atoms with E-state index in [-0.39, 0.29) is 31.6 Å². The lowest BCUT2D eigenvalue weighted by Gasteiger charge is -2.18. The Morgan fingerprint density at radius 2 is 0.789 bits per heavy atom. The Kier molecular flexibility index (Phi) is 41.7. The maximum atomic E-state index is 12.7. The molecule has 0 radical (unpaired) electrons. The van der Waals surface area contributed by atoms with Gasteiger partial charge in [-0.2, -0.15) is 0 Å². The molecule has 6 heteroatoms. The highest BCUT2D eigenvalue weighted by molar-refractivity contribution is 5.71. The first-order valence-electron chi connectivity index (χ1n) is 22.5. The van der Waals surface area contributed by atoms with Crippen molar-refractivity contribution in [3.05, 3.63) is 109 Å². The Balaban J connectivity index is 4.57. The minimum atomic E-state index is -0.827. The van der Waals surface area contributed by atoms with E-state index in [4.69, 9.17) is 14.2 Å². The first-order chi connectivity index (χ1) is 28.0. The molecule has 57 heavy (non-hydrogen) atoms. The number of carbonyl (C=O) groups is 3. The maximum absolute atomic E-state index is 12.7. The van der Waals surface area contributed by atoms with Crippen molar-refractivity contribution in [1.29, 1.82) is 0 Å². The van der Waals surface area contributed by atoms with Crippen molar-refractivity contribution in [2.45, 2.75) is 181 Å². The maximum Gasteiger partial charge on any atom is 0.306 e. The van der Waals surface area contributed by atoms with Crippen LogP contribution in [0.4, 0.5) is 0 Å². The van der Waals surface area contributed by atoms with E-state index in [0.717, 1.165) is 96.3 Å². The molecule has 0 aromatic heterocycles. The third kappa shape index (κ3) is 43.0. The van der Waals surface area contributed by atoms with Gasteiger partial charge in [-0.25, -0.2) is 0 Å². The van der Waals surface area contributed by atoms with E-state index in [1.807, 2.05) is 54.7 Å². The molecular weight excluding hydrogens is 709 g/mol. The number of esters is 3. The van der Waals surface area contributed by atoms with Crippen LogP contribution < -0.4 is 0 Å². The van der Waals surface area contributed by atoms with E-state index >= 15 is 0 Å². The lowest BCUT2D eigenvalue weighted by molar-refractivity contribution is -0.167. The van der Waals surface area contributed by atoms with Crippen LogP contribution in [-0.4, -0.2) is 37.2 Å². The molecule has 6 nitrogen and oxygen atoms in total. The highest BCUT2D eigenvalue weighted by Gasteiger charge is 2.19. The molecule has 0 aromatic carbocycles. The third-order valence-corrected chi connectivity index (χ3v) is 8.87. The van der Waals surface area contributed by atoms with E-state index in [9.17, 15) is 14.4 Å². The number of rotatable bonds is 38. The molecule has 0 N–H and O–H groups in total. The topological polar surface area (TPSA) is 78.9 Å². The number of allylic oxidation sites excluding steroid dienone is 18. The smallest absolute Gasteiger partial charge is 0.306 e. The van der Waals surface area contributed by atoms with Crippen LogP contribution in [0.2, 0.25) is 0 Å². The molecule has 0 fully saturated rings. The van der Waals surface area contributed by atoms with Gasteiger partial charge < -0.3 is 14.2 Å². The summed E-state index contributed by atoms with van der Waals surface area (Å²) in [6.45, 7) is 6.23. The van der Waals surface area contributed by atoms with Crippen LogP contribution in [0.25, 0.3) is 0 Å². The van der Waals surface area contributed by atoms with E-state index in [1.54, 1.807) is 0 Å². The Morgan fingerprint density at radius 3 is 1.33 bits per heavy atom. The summed E-state index contributed by atoms with van der Waals surface area (Å²) >= 11 is 0. The second-order valence-electron chi connectivity index (χ2n) is 14.3. The monoisotopic (exact) mass is 789 g/mol. The van der Waals surface area contributed by atoms with E-state index < -0.39 is 12.1 Å². The summed E-state index contributed by atoms with van der Waals surface area (Å²) in [6.07, 6.45) is 59.3. The average Bonchev–Trinajstić information content (AvgIpc) is 3.21. The van der Waals surface area contributed by atoms with Crippen LogP contribution in [0, 0.1) is 0 Å². The van der Waals surface area contributed by atoms with Crippen molar-refractivity contribution in [2.75, 3.05) is 13.2 Å². The second-order valence-corrected chi connectivity index (χ2v) is 14.3. The first kappa shape index (κ1) is 53.1. The molecule has 0 saturated heterocycles. The van der Waals surface area contributed by atoms with Crippen LogP contribution in [0.3, 0.4) is 0 Å². The molecule has 1 unspecified atom stereocenters. The van der Waals surface area contributed by atoms with Crippen LogP contribution in [0.15, 0.2) is 109 Å². The van der Waals surface area contributed by atoms with Gasteiger partial charge in [0.2, 0.25) is 0 Å². The standard InChI is InChI=1S/C51H80O6/c1-4-7-10-13-16-19-22-25-27-29-32-35-38-41-44-50(53)56-47-48(46-55-49(52)43-40-37-34-31-28-24-21-18-15-12-9-6-3)57-51(54)45-42-39-36-33-30-26-23-20-17-14-11-8-5-2/h7-8,10-11,14,16-21,23,25-27,30,33,36,48H,4-6,9,12-13,15,22,24,28-29,31-32,34-35,37-47H2,1-3H3/b10-7-,11-8-,17-14-,19-16-,21-18-,23-20-,27-25-,30-26-,36-33-. The van der Waals surface area contributed by atoms with Gasteiger partial charge in [0.15, 0.2) is 6.10 Å². The van der Waals surface area contributed by atoms with Gasteiger partial charge >= 0.3 is 17.9 Å². The lowest BCUT2D eigenvalue weighted by Crippen LogP contribution is -2.30. The molecule has 0 spiro atoms. The SMILES string of the molecule is CC\C=C/C=C\C=C/C=C\C=C/CCCC(=O)OC(COC(=O)CCCCCC/C=C\C/C=C\C/C=C\CC)COC(=O)CCCCCCC/C=C\CCCCC. The molecule has 320 valence electrons. The number of hydrogen-bond acceptors (Lipinski definition) is 6. The summed E-state index contributed by atoms with van der Waals surface area (Å²) in [5.74, 6) is -1.04. The molecule has 0 aromatic rings. The molecule has 0 bridgehead atoms. The fraction of sp³-hybridized carbons (Fsp3) is 0.588. The lowest BCUT2D eigenvalue weighted by atomic mass is 10.1. The molecule has 0 saturated carbocycles. The molecule has 0 aliphatic heterocycles. The van der Waals surface area contributed by atoms with Gasteiger partial charge in [-0.3, -0.25) is 14.4 Å². The quantitative estimate of drug-likeness (QED) is 0.0204. The minimum Gasteiger partial charge on any atom is -0.462 e. The van der Waals surface area contributed by atoms with Crippen molar-refractivity contribution < 1.29 is 28.6 Å². The van der Waals surface area contributed by atoms with Crippen LogP contribution >= 0.6 is 0 Å². The normalized spacial score (nSPS) is 13.1. The molecule has 0 amide bonds. The molecule has 1 atom stereocenters. The zero-order valence-electron chi connectivity index (χ0n) is 36.3. The summed E-state index contributed by atoms with van der Waals surface area (Å²) in [5.41, 5.74) is 0. The fourth-order valence-electron chi connectivity index (χ4n) is 5.54. The van der Waals surface area contributed by atoms with E-state index in [1.165, 1.54) is 32.1 Å². The minimum absolute atomic E-state index is 0.121. The van der Waals surface area contributed by atoms with Crippen molar-refractivity contribution in [3.8, 4) is 0 Å². The van der Waals surface area contributed by atoms with Crippen molar-refractivity contribution in [1.82, 2.24) is 0 Å². The fourth-order valence-corrected chi connectivity index (χ4v) is 5.54. The molecule has 0 aliphatic carbocycles. The van der Waals surface area contributed by atoms with Crippen molar-refractivity contribution in [2.24, 2.45) is 0 Å². The molecule has 0 rings (SSSR count). The zero-order valence-corrected chi connectivity index (χ0v) is 36.3. The van der Waals surface area contributed by atoms with Gasteiger partial charge in [0.25, 0.3) is 0 Å². The summed E-state index contributed by atoms with van der Waals surface area (Å²) in [6, 6.07) is 0. The van der Waals surface area contributed by atoms with Gasteiger partial charge in [0, 0.05) is 19.3 Å². The Hall–Kier alpha value is -3.93. The predicted molar refractivity (Wildman–Crippen MR) is 242 cm³/mol. The van der Waals surface area contributed by atoms with Crippen LogP contribution in [0.5, 0.6) is 0 Å². The van der Waals surface area contributed by atoms with Crippen molar-refractivity contribution in [3.63, 3.8) is 0 Å². The number of carbonyl (C=O) groups excluding carboxylic acids is 3.